The molecule has 3 aromatic heterocycles. The quantitative estimate of drug-likeness (QED) is 0.114. The van der Waals surface area contributed by atoms with Gasteiger partial charge in [0.05, 0.1) is 16.6 Å². The van der Waals surface area contributed by atoms with Gasteiger partial charge >= 0.3 is 0 Å². The van der Waals surface area contributed by atoms with Gasteiger partial charge in [0.1, 0.15) is 11.2 Å². The summed E-state index contributed by atoms with van der Waals surface area (Å²) >= 11 is 0. The van der Waals surface area contributed by atoms with E-state index in [1.165, 1.54) is 60.9 Å². The molecule has 0 saturated heterocycles. The third-order valence-electron chi connectivity index (χ3n) is 10.3. The molecule has 4 heteroatoms. The molecule has 1 aliphatic carbocycles. The van der Waals surface area contributed by atoms with Crippen molar-refractivity contribution >= 4 is 71.9 Å². The molecule has 0 fully saturated rings. The SMILES string of the molecule is C=C/C(=C\C=N)c1ccc2c(c1)-c1ccccc1C2(C)C.c1ccc2c(c1)[nH]c1c2ccc2c1nc1c3ccccc3c3ccccc3n21. The standard InChI is InChI=1S/C25H15N3.C20H19N/c1-2-10-19-15(7-1)17-9-4-6-12-21(17)28-22-14-13-18-16-8-3-5-11-20(16)26-23(18)24(22)27-25(19)28;1-4-14(11-12-21)15-9-10-19-17(13-15)16-7-5-6-8-18(16)20(19,2)3/h1-14,26H;4-13,21H,1H2,2-3H3/b;14-11+,21-12?. The van der Waals surface area contributed by atoms with Gasteiger partial charge < -0.3 is 10.4 Å². The Morgan fingerprint density at radius 2 is 1.39 bits per heavy atom. The van der Waals surface area contributed by atoms with E-state index in [-0.39, 0.29) is 5.41 Å². The molecule has 3 heterocycles. The predicted octanol–water partition coefficient (Wildman–Crippen LogP) is 11.6. The maximum Gasteiger partial charge on any atom is 0.146 e. The molecule has 0 saturated carbocycles. The summed E-state index contributed by atoms with van der Waals surface area (Å²) in [5, 5.41) is 13.4. The van der Waals surface area contributed by atoms with Crippen molar-refractivity contribution in [2.75, 3.05) is 0 Å². The second-order valence-electron chi connectivity index (χ2n) is 13.3. The zero-order chi connectivity index (χ0) is 33.3. The number of benzene rings is 6. The Labute approximate surface area is 284 Å². The monoisotopic (exact) mass is 630 g/mol. The van der Waals surface area contributed by atoms with Gasteiger partial charge in [0.15, 0.2) is 0 Å². The first kappa shape index (κ1) is 28.9. The smallest absolute Gasteiger partial charge is 0.146 e. The van der Waals surface area contributed by atoms with Crippen molar-refractivity contribution in [2.45, 2.75) is 19.3 Å². The topological polar surface area (TPSA) is 56.9 Å². The lowest BCUT2D eigenvalue weighted by Crippen LogP contribution is -2.14. The minimum absolute atomic E-state index is 0.0457. The van der Waals surface area contributed by atoms with Gasteiger partial charge in [-0.25, -0.2) is 4.98 Å². The highest BCUT2D eigenvalue weighted by Gasteiger charge is 2.35. The Balaban J connectivity index is 0.000000139. The van der Waals surface area contributed by atoms with Crippen LogP contribution in [0.4, 0.5) is 0 Å². The van der Waals surface area contributed by atoms with Crippen molar-refractivity contribution < 1.29 is 0 Å². The third-order valence-corrected chi connectivity index (χ3v) is 10.3. The van der Waals surface area contributed by atoms with Crippen LogP contribution in [0.3, 0.4) is 0 Å². The Bertz CT molecular complexity index is 2840. The van der Waals surface area contributed by atoms with E-state index in [9.17, 15) is 0 Å². The molecule has 0 aliphatic heterocycles. The van der Waals surface area contributed by atoms with Crippen molar-refractivity contribution in [1.29, 1.82) is 5.41 Å². The zero-order valence-electron chi connectivity index (χ0n) is 27.5. The summed E-state index contributed by atoms with van der Waals surface area (Å²) in [7, 11) is 0. The average Bonchev–Trinajstić information content (AvgIpc) is 3.80. The molecule has 2 N–H and O–H groups in total. The molecule has 9 aromatic rings. The Kier molecular flexibility index (Phi) is 6.43. The number of allylic oxidation sites excluding steroid dienone is 3. The Morgan fingerprint density at radius 3 is 2.20 bits per heavy atom. The van der Waals surface area contributed by atoms with Crippen LogP contribution < -0.4 is 0 Å². The normalized spacial score (nSPS) is 13.6. The van der Waals surface area contributed by atoms with Gasteiger partial charge in [-0.05, 0) is 75.2 Å². The zero-order valence-corrected chi connectivity index (χ0v) is 27.5. The second kappa shape index (κ2) is 10.9. The van der Waals surface area contributed by atoms with Crippen LogP contribution in [0.5, 0.6) is 0 Å². The van der Waals surface area contributed by atoms with Gasteiger partial charge in [-0.15, -0.1) is 0 Å². The van der Waals surface area contributed by atoms with Crippen molar-refractivity contribution in [3.8, 4) is 11.1 Å². The summed E-state index contributed by atoms with van der Waals surface area (Å²) < 4.78 is 2.30. The third kappa shape index (κ3) is 4.24. The molecule has 1 aliphatic rings. The lowest BCUT2D eigenvalue weighted by Gasteiger charge is -2.21. The highest BCUT2D eigenvalue weighted by molar-refractivity contribution is 6.19. The van der Waals surface area contributed by atoms with E-state index in [0.717, 1.165) is 38.9 Å². The minimum atomic E-state index is 0.0457. The number of hydrogen-bond donors (Lipinski definition) is 2. The van der Waals surface area contributed by atoms with Gasteiger partial charge in [0.25, 0.3) is 0 Å². The van der Waals surface area contributed by atoms with Crippen molar-refractivity contribution in [3.63, 3.8) is 0 Å². The number of fused-ring (bicyclic) bond motifs is 15. The molecule has 0 spiro atoms. The van der Waals surface area contributed by atoms with E-state index in [0.29, 0.717) is 0 Å². The summed E-state index contributed by atoms with van der Waals surface area (Å²) in [4.78, 5) is 8.75. The number of imidazole rings is 1. The van der Waals surface area contributed by atoms with Crippen LogP contribution in [0, 0.1) is 5.41 Å². The molecule has 234 valence electrons. The lowest BCUT2D eigenvalue weighted by atomic mass is 9.82. The Hall–Kier alpha value is -6.26. The molecule has 0 bridgehead atoms. The number of hydrogen-bond acceptors (Lipinski definition) is 2. The number of aromatic amines is 1. The largest absolute Gasteiger partial charge is 0.353 e. The van der Waals surface area contributed by atoms with Crippen molar-refractivity contribution in [2.24, 2.45) is 0 Å². The molecule has 0 amide bonds. The fourth-order valence-electron chi connectivity index (χ4n) is 7.96. The van der Waals surface area contributed by atoms with E-state index in [1.54, 1.807) is 12.2 Å². The molecule has 0 atom stereocenters. The van der Waals surface area contributed by atoms with Crippen LogP contribution in [0.2, 0.25) is 0 Å². The van der Waals surface area contributed by atoms with Crippen LogP contribution in [-0.4, -0.2) is 20.6 Å². The number of rotatable bonds is 3. The van der Waals surface area contributed by atoms with E-state index in [1.807, 2.05) is 0 Å². The summed E-state index contributed by atoms with van der Waals surface area (Å²) in [6, 6.07) is 45.2. The van der Waals surface area contributed by atoms with Crippen LogP contribution in [-0.2, 0) is 5.41 Å². The van der Waals surface area contributed by atoms with E-state index in [4.69, 9.17) is 10.4 Å². The van der Waals surface area contributed by atoms with Crippen molar-refractivity contribution in [1.82, 2.24) is 14.4 Å². The summed E-state index contributed by atoms with van der Waals surface area (Å²) in [6.07, 6.45) is 4.89. The van der Waals surface area contributed by atoms with Gasteiger partial charge in [-0.1, -0.05) is 124 Å². The van der Waals surface area contributed by atoms with Crippen LogP contribution in [0.25, 0.3) is 76.9 Å². The predicted molar refractivity (Wildman–Crippen MR) is 208 cm³/mol. The number of nitrogens with one attached hydrogen (secondary N) is 2. The van der Waals surface area contributed by atoms with Crippen LogP contribution >= 0.6 is 0 Å². The first-order chi connectivity index (χ1) is 24.0. The van der Waals surface area contributed by atoms with Crippen LogP contribution in [0.15, 0.2) is 146 Å². The average molecular weight is 631 g/mol. The summed E-state index contributed by atoms with van der Waals surface area (Å²) in [5.74, 6) is 0. The molecule has 0 radical (unpaired) electrons. The number of nitrogens with zero attached hydrogens (tertiary/aromatic N) is 2. The molecule has 6 aromatic carbocycles. The van der Waals surface area contributed by atoms with Gasteiger partial charge in [-0.3, -0.25) is 4.40 Å². The first-order valence-corrected chi connectivity index (χ1v) is 16.7. The van der Waals surface area contributed by atoms with E-state index < -0.39 is 0 Å². The molecule has 10 rings (SSSR count). The van der Waals surface area contributed by atoms with Crippen LogP contribution in [0.1, 0.15) is 30.5 Å². The molecular weight excluding hydrogens is 597 g/mol. The first-order valence-electron chi connectivity index (χ1n) is 16.7. The lowest BCUT2D eigenvalue weighted by molar-refractivity contribution is 0.660. The number of H-pyrrole nitrogens is 1. The minimum Gasteiger partial charge on any atom is -0.353 e. The number of pyridine rings is 1. The molecule has 4 nitrogen and oxygen atoms in total. The molecule has 0 unspecified atom stereocenters. The summed E-state index contributed by atoms with van der Waals surface area (Å²) in [5.41, 5.74) is 14.1. The number of para-hydroxylation sites is 2. The summed E-state index contributed by atoms with van der Waals surface area (Å²) in [6.45, 7) is 8.40. The molecule has 49 heavy (non-hydrogen) atoms. The van der Waals surface area contributed by atoms with E-state index >= 15 is 0 Å². The van der Waals surface area contributed by atoms with Gasteiger partial charge in [0.2, 0.25) is 0 Å². The maximum atomic E-state index is 7.27. The van der Waals surface area contributed by atoms with E-state index in [2.05, 4.69) is 157 Å². The van der Waals surface area contributed by atoms with Crippen molar-refractivity contribution in [3.05, 3.63) is 163 Å². The highest BCUT2D eigenvalue weighted by atomic mass is 15.0. The van der Waals surface area contributed by atoms with Gasteiger partial charge in [0, 0.05) is 38.7 Å². The fraction of sp³-hybridized carbons (Fsp3) is 0.0667. The second-order valence-corrected chi connectivity index (χ2v) is 13.3. The fourth-order valence-corrected chi connectivity index (χ4v) is 7.96. The number of aromatic nitrogens is 3. The Morgan fingerprint density at radius 1 is 0.694 bits per heavy atom. The maximum absolute atomic E-state index is 7.27. The molecular formula is C45H34N4. The highest BCUT2D eigenvalue weighted by Crippen LogP contribution is 2.49. The van der Waals surface area contributed by atoms with Gasteiger partial charge in [-0.2, -0.15) is 0 Å².